The molecule has 2 fully saturated rings. The third kappa shape index (κ3) is 3.59. The van der Waals surface area contributed by atoms with Crippen LogP contribution in [-0.2, 0) is 21.2 Å². The van der Waals surface area contributed by atoms with Crippen molar-refractivity contribution in [3.63, 3.8) is 0 Å². The molecule has 0 saturated carbocycles. The largest absolute Gasteiger partial charge is 0.418 e. The summed E-state index contributed by atoms with van der Waals surface area (Å²) >= 11 is 3.08. The highest BCUT2D eigenvalue weighted by Gasteiger charge is 2.44. The van der Waals surface area contributed by atoms with E-state index >= 15 is 0 Å². The van der Waals surface area contributed by atoms with Crippen LogP contribution in [0.1, 0.15) is 24.5 Å². The van der Waals surface area contributed by atoms with Gasteiger partial charge in [-0.25, -0.2) is 4.79 Å². The van der Waals surface area contributed by atoms with Gasteiger partial charge in [-0.1, -0.05) is 19.1 Å². The SMILES string of the molecule is CC1CONC1CC1(c2cccc(-n3cc4c(C(F)(F)F)cc(Br)cn4c3=O)c2)COC1. The van der Waals surface area contributed by atoms with Crippen LogP contribution in [-0.4, -0.2) is 34.8 Å². The zero-order valence-electron chi connectivity index (χ0n) is 17.2. The molecule has 2 saturated heterocycles. The summed E-state index contributed by atoms with van der Waals surface area (Å²) in [4.78, 5) is 18.4. The molecule has 0 radical (unpaired) electrons. The van der Waals surface area contributed by atoms with Crippen molar-refractivity contribution in [3.05, 3.63) is 68.8 Å². The van der Waals surface area contributed by atoms with Crippen molar-refractivity contribution in [1.29, 1.82) is 0 Å². The molecule has 32 heavy (non-hydrogen) atoms. The molecule has 1 N–H and O–H groups in total. The lowest BCUT2D eigenvalue weighted by atomic mass is 9.72. The van der Waals surface area contributed by atoms with Gasteiger partial charge in [0.2, 0.25) is 0 Å². The molecule has 0 bridgehead atoms. The number of benzene rings is 1. The van der Waals surface area contributed by atoms with Crippen molar-refractivity contribution >= 4 is 21.4 Å². The third-order valence-electron chi connectivity index (χ3n) is 6.41. The van der Waals surface area contributed by atoms with Crippen molar-refractivity contribution < 1.29 is 22.7 Å². The maximum absolute atomic E-state index is 13.6. The summed E-state index contributed by atoms with van der Waals surface area (Å²) in [5.74, 6) is 0.356. The van der Waals surface area contributed by atoms with E-state index in [9.17, 15) is 18.0 Å². The predicted octanol–water partition coefficient (Wildman–Crippen LogP) is 4.07. The van der Waals surface area contributed by atoms with E-state index in [0.29, 0.717) is 31.4 Å². The minimum atomic E-state index is -4.59. The second-order valence-corrected chi connectivity index (χ2v) is 9.56. The first-order chi connectivity index (χ1) is 15.2. The van der Waals surface area contributed by atoms with Crippen LogP contribution in [0.5, 0.6) is 0 Å². The molecule has 2 unspecified atom stereocenters. The Hall–Kier alpha value is -2.14. The number of pyridine rings is 1. The van der Waals surface area contributed by atoms with Crippen LogP contribution < -0.4 is 11.2 Å². The second-order valence-electron chi connectivity index (χ2n) is 8.65. The van der Waals surface area contributed by atoms with Gasteiger partial charge in [-0.2, -0.15) is 18.7 Å². The number of aromatic nitrogens is 2. The number of fused-ring (bicyclic) bond motifs is 1. The van der Waals surface area contributed by atoms with E-state index < -0.39 is 17.4 Å². The summed E-state index contributed by atoms with van der Waals surface area (Å²) in [6, 6.07) is 8.54. The highest BCUT2D eigenvalue weighted by atomic mass is 79.9. The Kier molecular flexibility index (Phi) is 5.23. The molecule has 2 aliphatic rings. The van der Waals surface area contributed by atoms with Crippen molar-refractivity contribution in [1.82, 2.24) is 14.4 Å². The lowest BCUT2D eigenvalue weighted by Crippen LogP contribution is -2.51. The molecule has 10 heteroatoms. The summed E-state index contributed by atoms with van der Waals surface area (Å²) in [5.41, 5.74) is 2.70. The zero-order valence-corrected chi connectivity index (χ0v) is 18.7. The van der Waals surface area contributed by atoms with Gasteiger partial charge in [0.15, 0.2) is 0 Å². The highest BCUT2D eigenvalue weighted by Crippen LogP contribution is 2.40. The van der Waals surface area contributed by atoms with Crippen molar-refractivity contribution in [3.8, 4) is 5.69 Å². The molecular formula is C22H21BrF3N3O3. The number of ether oxygens (including phenoxy) is 1. The van der Waals surface area contributed by atoms with Gasteiger partial charge in [-0.3, -0.25) is 8.97 Å². The molecule has 6 nitrogen and oxygen atoms in total. The summed E-state index contributed by atoms with van der Waals surface area (Å²) in [6.07, 6.45) is -1.19. The Labute approximate surface area is 190 Å². The first-order valence-corrected chi connectivity index (χ1v) is 11.0. The molecule has 4 heterocycles. The van der Waals surface area contributed by atoms with Gasteiger partial charge in [0.1, 0.15) is 0 Å². The van der Waals surface area contributed by atoms with Gasteiger partial charge in [-0.05, 0) is 52.0 Å². The lowest BCUT2D eigenvalue weighted by molar-refractivity contribution is -0.136. The summed E-state index contributed by atoms with van der Waals surface area (Å²) < 4.78 is 48.7. The summed E-state index contributed by atoms with van der Waals surface area (Å²) in [5, 5.41) is 0. The number of hydroxylamine groups is 1. The number of rotatable bonds is 4. The van der Waals surface area contributed by atoms with Crippen LogP contribution in [0.25, 0.3) is 11.2 Å². The van der Waals surface area contributed by atoms with Crippen molar-refractivity contribution in [2.24, 2.45) is 5.92 Å². The molecule has 3 aromatic rings. The molecule has 2 atom stereocenters. The van der Waals surface area contributed by atoms with Gasteiger partial charge in [-0.15, -0.1) is 0 Å². The van der Waals surface area contributed by atoms with E-state index in [1.807, 2.05) is 18.2 Å². The minimum absolute atomic E-state index is 0.175. The van der Waals surface area contributed by atoms with Gasteiger partial charge in [0.05, 0.1) is 36.6 Å². The summed E-state index contributed by atoms with van der Waals surface area (Å²) in [6.45, 7) is 3.85. The first-order valence-electron chi connectivity index (χ1n) is 10.2. The summed E-state index contributed by atoms with van der Waals surface area (Å²) in [7, 11) is 0. The van der Waals surface area contributed by atoms with Crippen molar-refractivity contribution in [2.45, 2.75) is 31.0 Å². The van der Waals surface area contributed by atoms with E-state index in [0.717, 1.165) is 22.5 Å². The second kappa shape index (κ2) is 7.72. The maximum atomic E-state index is 13.6. The molecule has 5 rings (SSSR count). The van der Waals surface area contributed by atoms with Crippen LogP contribution in [0.3, 0.4) is 0 Å². The van der Waals surface area contributed by atoms with E-state index in [2.05, 4.69) is 28.3 Å². The number of hydrogen-bond donors (Lipinski definition) is 1. The Bertz CT molecular complexity index is 1230. The molecule has 2 aliphatic heterocycles. The number of hydrogen-bond acceptors (Lipinski definition) is 4. The van der Waals surface area contributed by atoms with Gasteiger partial charge < -0.3 is 9.57 Å². The molecule has 0 amide bonds. The number of nitrogens with one attached hydrogen (secondary N) is 1. The Morgan fingerprint density at radius 1 is 1.25 bits per heavy atom. The van der Waals surface area contributed by atoms with Crippen LogP contribution in [0, 0.1) is 5.92 Å². The van der Waals surface area contributed by atoms with Crippen LogP contribution in [0.2, 0.25) is 0 Å². The number of halogens is 4. The molecule has 0 aliphatic carbocycles. The molecular weight excluding hydrogens is 491 g/mol. The van der Waals surface area contributed by atoms with Crippen molar-refractivity contribution in [2.75, 3.05) is 19.8 Å². The zero-order chi connectivity index (χ0) is 22.7. The molecule has 0 spiro atoms. The standard InChI is InChI=1S/C22H21BrF3N3O3/c1-13-10-32-27-18(13)7-21(11-31-12-21)14-3-2-4-16(5-14)28-9-19-17(22(24,25)26)6-15(23)8-29(19)20(28)30/h2-6,8-9,13,18,27H,7,10-12H2,1H3. The van der Waals surface area contributed by atoms with Gasteiger partial charge >= 0.3 is 11.9 Å². The average molecular weight is 512 g/mol. The quantitative estimate of drug-likeness (QED) is 0.573. The van der Waals surface area contributed by atoms with Gasteiger partial charge in [0.25, 0.3) is 0 Å². The van der Waals surface area contributed by atoms with Crippen LogP contribution >= 0.6 is 15.9 Å². The number of imidazole rings is 1. The Balaban J connectivity index is 1.58. The Morgan fingerprint density at radius 3 is 2.66 bits per heavy atom. The number of alkyl halides is 3. The van der Waals surface area contributed by atoms with Crippen LogP contribution in [0.15, 0.2) is 52.0 Å². The fraction of sp³-hybridized carbons (Fsp3) is 0.409. The van der Waals surface area contributed by atoms with E-state index in [1.54, 1.807) is 6.07 Å². The fourth-order valence-electron chi connectivity index (χ4n) is 4.49. The lowest BCUT2D eigenvalue weighted by Gasteiger charge is -2.44. The monoisotopic (exact) mass is 511 g/mol. The molecule has 1 aromatic carbocycles. The smallest absolute Gasteiger partial charge is 0.379 e. The normalized spacial score (nSPS) is 22.9. The topological polar surface area (TPSA) is 56.9 Å². The average Bonchev–Trinajstić information content (AvgIpc) is 3.26. The van der Waals surface area contributed by atoms with E-state index in [1.165, 1.54) is 17.0 Å². The molecule has 2 aromatic heterocycles. The first kappa shape index (κ1) is 21.7. The third-order valence-corrected chi connectivity index (χ3v) is 6.84. The van der Waals surface area contributed by atoms with Gasteiger partial charge in [0, 0.05) is 28.3 Å². The number of nitrogens with zero attached hydrogens (tertiary/aromatic N) is 2. The minimum Gasteiger partial charge on any atom is -0.379 e. The fourth-order valence-corrected chi connectivity index (χ4v) is 4.92. The maximum Gasteiger partial charge on any atom is 0.418 e. The van der Waals surface area contributed by atoms with E-state index in [-0.39, 0.29) is 21.4 Å². The van der Waals surface area contributed by atoms with E-state index in [4.69, 9.17) is 9.57 Å². The van der Waals surface area contributed by atoms with Crippen LogP contribution in [0.4, 0.5) is 13.2 Å². The Morgan fingerprint density at radius 2 is 2.03 bits per heavy atom. The highest BCUT2D eigenvalue weighted by molar-refractivity contribution is 9.10. The predicted molar refractivity (Wildman–Crippen MR) is 115 cm³/mol. The molecule has 170 valence electrons.